The number of thiazole rings is 1. The van der Waals surface area contributed by atoms with Crippen LogP contribution >= 0.6 is 34.3 Å². The first-order chi connectivity index (χ1) is 11.5. The topological polar surface area (TPSA) is 87.6 Å². The van der Waals surface area contributed by atoms with Gasteiger partial charge in [-0.3, -0.25) is 0 Å². The highest BCUT2D eigenvalue weighted by Gasteiger charge is 2.16. The average molecular weight is 376 g/mol. The number of nitrogens with zero attached hydrogens (tertiary/aromatic N) is 3. The maximum atomic E-state index is 9.00. The second-order valence-electron chi connectivity index (χ2n) is 5.05. The van der Waals surface area contributed by atoms with E-state index in [-0.39, 0.29) is 5.69 Å². The largest absolute Gasteiger partial charge is 0.390 e. The van der Waals surface area contributed by atoms with Crippen LogP contribution in [0, 0.1) is 18.3 Å². The van der Waals surface area contributed by atoms with Crippen LogP contribution in [0.25, 0.3) is 10.6 Å². The lowest BCUT2D eigenvalue weighted by atomic mass is 10.1. The summed E-state index contributed by atoms with van der Waals surface area (Å²) < 4.78 is 0. The molecule has 3 rings (SSSR count). The number of nitrogens with two attached hydrogens (primary N) is 1. The van der Waals surface area contributed by atoms with Crippen LogP contribution in [0.15, 0.2) is 17.5 Å². The van der Waals surface area contributed by atoms with Crippen molar-refractivity contribution in [1.29, 1.82) is 5.26 Å². The molecule has 0 saturated heterocycles. The predicted molar refractivity (Wildman–Crippen MR) is 101 cm³/mol. The quantitative estimate of drug-likeness (QED) is 0.670. The van der Waals surface area contributed by atoms with Crippen LogP contribution in [0.3, 0.4) is 0 Å². The molecule has 0 bridgehead atoms. The average Bonchev–Trinajstić information content (AvgIpc) is 3.13. The Kier molecular flexibility index (Phi) is 4.71. The van der Waals surface area contributed by atoms with E-state index >= 15 is 0 Å². The summed E-state index contributed by atoms with van der Waals surface area (Å²) in [5, 5.41) is 16.0. The summed E-state index contributed by atoms with van der Waals surface area (Å²) in [7, 11) is 0. The normalized spacial score (nSPS) is 10.6. The van der Waals surface area contributed by atoms with E-state index in [1.165, 1.54) is 22.5 Å². The lowest BCUT2D eigenvalue weighted by Crippen LogP contribution is -1.95. The zero-order valence-corrected chi connectivity index (χ0v) is 15.4. The fourth-order valence-electron chi connectivity index (χ4n) is 2.39. The van der Waals surface area contributed by atoms with Gasteiger partial charge in [-0.05, 0) is 36.6 Å². The summed E-state index contributed by atoms with van der Waals surface area (Å²) in [5.74, 6) is 0.536. The summed E-state index contributed by atoms with van der Waals surface area (Å²) in [4.78, 5) is 9.86. The minimum atomic E-state index is 0.188. The smallest absolute Gasteiger partial charge is 0.188 e. The second kappa shape index (κ2) is 6.77. The Bertz CT molecular complexity index is 939. The van der Waals surface area contributed by atoms with Gasteiger partial charge in [-0.25, -0.2) is 9.97 Å². The highest BCUT2D eigenvalue weighted by Crippen LogP contribution is 2.39. The first-order valence-electron chi connectivity index (χ1n) is 7.20. The van der Waals surface area contributed by atoms with Gasteiger partial charge in [0.15, 0.2) is 10.8 Å². The van der Waals surface area contributed by atoms with Crippen LogP contribution < -0.4 is 11.1 Å². The van der Waals surface area contributed by atoms with Gasteiger partial charge in [0.25, 0.3) is 0 Å². The molecule has 122 valence electrons. The van der Waals surface area contributed by atoms with E-state index in [4.69, 9.17) is 22.6 Å². The Morgan fingerprint density at radius 1 is 1.38 bits per heavy atom. The van der Waals surface area contributed by atoms with Gasteiger partial charge in [-0.1, -0.05) is 18.5 Å². The van der Waals surface area contributed by atoms with Crippen molar-refractivity contribution in [2.24, 2.45) is 0 Å². The molecule has 0 saturated carbocycles. The zero-order valence-electron chi connectivity index (χ0n) is 13.1. The second-order valence-corrected chi connectivity index (χ2v) is 7.37. The highest BCUT2D eigenvalue weighted by atomic mass is 35.5. The number of hydrogen-bond acceptors (Lipinski definition) is 7. The standard InChI is InChI=1S/C16H14ClN5S2/c1-3-9-8(2)14(24-15(9)19)12-7-23-16(21-12)22-13-5-4-10(17)11(6-18)20-13/h4-5,7H,3,19H2,1-2H3,(H,20,21,22). The Morgan fingerprint density at radius 2 is 2.17 bits per heavy atom. The van der Waals surface area contributed by atoms with Crippen LogP contribution in [-0.4, -0.2) is 9.97 Å². The fraction of sp³-hybridized carbons (Fsp3) is 0.188. The summed E-state index contributed by atoms with van der Waals surface area (Å²) >= 11 is 8.94. The maximum Gasteiger partial charge on any atom is 0.188 e. The van der Waals surface area contributed by atoms with Crippen LogP contribution in [0.2, 0.25) is 5.02 Å². The Labute approximate surface area is 152 Å². The SMILES string of the molecule is CCc1c(N)sc(-c2csc(Nc3ccc(Cl)c(C#N)n3)n2)c1C. The number of halogens is 1. The molecule has 0 amide bonds. The molecule has 3 aromatic rings. The van der Waals surface area contributed by atoms with Gasteiger partial charge >= 0.3 is 0 Å². The van der Waals surface area contributed by atoms with E-state index in [1.807, 2.05) is 11.4 Å². The van der Waals surface area contributed by atoms with Crippen molar-refractivity contribution in [1.82, 2.24) is 9.97 Å². The lowest BCUT2D eigenvalue weighted by Gasteiger charge is -2.02. The number of aromatic nitrogens is 2. The molecular formula is C16H14ClN5S2. The number of pyridine rings is 1. The van der Waals surface area contributed by atoms with E-state index in [2.05, 4.69) is 29.1 Å². The number of nitriles is 1. The molecule has 0 radical (unpaired) electrons. The Hall–Kier alpha value is -2.14. The molecule has 0 fully saturated rings. The molecule has 0 aliphatic rings. The third-order valence-corrected chi connectivity index (χ3v) is 5.83. The van der Waals surface area contributed by atoms with E-state index in [0.717, 1.165) is 22.0 Å². The number of hydrogen-bond donors (Lipinski definition) is 2. The van der Waals surface area contributed by atoms with Crippen molar-refractivity contribution in [3.8, 4) is 16.6 Å². The fourth-order valence-corrected chi connectivity index (χ4v) is 4.45. The van der Waals surface area contributed by atoms with Crippen molar-refractivity contribution in [3.63, 3.8) is 0 Å². The number of anilines is 3. The van der Waals surface area contributed by atoms with Gasteiger partial charge < -0.3 is 11.1 Å². The molecule has 0 aromatic carbocycles. The summed E-state index contributed by atoms with van der Waals surface area (Å²) in [6.45, 7) is 4.18. The molecule has 0 aliphatic heterocycles. The van der Waals surface area contributed by atoms with Crippen LogP contribution in [0.1, 0.15) is 23.7 Å². The summed E-state index contributed by atoms with van der Waals surface area (Å²) in [6, 6.07) is 5.32. The first-order valence-corrected chi connectivity index (χ1v) is 9.28. The molecule has 8 heteroatoms. The third-order valence-electron chi connectivity index (χ3n) is 3.58. The number of rotatable bonds is 4. The van der Waals surface area contributed by atoms with E-state index in [1.54, 1.807) is 23.5 Å². The van der Waals surface area contributed by atoms with E-state index in [0.29, 0.717) is 16.0 Å². The van der Waals surface area contributed by atoms with E-state index < -0.39 is 0 Å². The lowest BCUT2D eigenvalue weighted by molar-refractivity contribution is 1.13. The van der Waals surface area contributed by atoms with Crippen LogP contribution in [0.5, 0.6) is 0 Å². The van der Waals surface area contributed by atoms with E-state index in [9.17, 15) is 0 Å². The molecule has 3 heterocycles. The molecular weight excluding hydrogens is 362 g/mol. The van der Waals surface area contributed by atoms with Gasteiger partial charge in [-0.2, -0.15) is 5.26 Å². The molecule has 3 N–H and O–H groups in total. The van der Waals surface area contributed by atoms with Crippen LogP contribution in [-0.2, 0) is 6.42 Å². The van der Waals surface area contributed by atoms with Gasteiger partial charge in [0.2, 0.25) is 0 Å². The Balaban J connectivity index is 1.88. The summed E-state index contributed by atoms with van der Waals surface area (Å²) in [6.07, 6.45) is 0.912. The number of thiophene rings is 1. The molecule has 3 aromatic heterocycles. The Morgan fingerprint density at radius 3 is 2.83 bits per heavy atom. The van der Waals surface area contributed by atoms with Crippen molar-refractivity contribution < 1.29 is 0 Å². The predicted octanol–water partition coefficient (Wildman–Crippen LogP) is 4.99. The molecule has 0 unspecified atom stereocenters. The van der Waals surface area contributed by atoms with Crippen molar-refractivity contribution in [2.45, 2.75) is 20.3 Å². The molecule has 24 heavy (non-hydrogen) atoms. The van der Waals surface area contributed by atoms with Gasteiger partial charge in [-0.15, -0.1) is 22.7 Å². The molecule has 0 spiro atoms. The number of nitrogens with one attached hydrogen (secondary N) is 1. The minimum Gasteiger partial charge on any atom is -0.390 e. The number of nitrogen functional groups attached to an aromatic ring is 1. The maximum absolute atomic E-state index is 9.00. The summed E-state index contributed by atoms with van der Waals surface area (Å²) in [5.41, 5.74) is 9.55. The van der Waals surface area contributed by atoms with Gasteiger partial charge in [0.1, 0.15) is 11.9 Å². The third kappa shape index (κ3) is 3.08. The molecule has 0 atom stereocenters. The van der Waals surface area contributed by atoms with Crippen LogP contribution in [0.4, 0.5) is 16.0 Å². The zero-order chi connectivity index (χ0) is 17.3. The van der Waals surface area contributed by atoms with Crippen molar-refractivity contribution in [2.75, 3.05) is 11.1 Å². The molecule has 0 aliphatic carbocycles. The highest BCUT2D eigenvalue weighted by molar-refractivity contribution is 7.20. The van der Waals surface area contributed by atoms with Crippen molar-refractivity contribution >= 4 is 50.2 Å². The van der Waals surface area contributed by atoms with Crippen molar-refractivity contribution in [3.05, 3.63) is 39.4 Å². The monoisotopic (exact) mass is 375 g/mol. The molecule has 5 nitrogen and oxygen atoms in total. The minimum absolute atomic E-state index is 0.188. The first kappa shape index (κ1) is 16.7. The van der Waals surface area contributed by atoms with Gasteiger partial charge in [0, 0.05) is 5.38 Å². The van der Waals surface area contributed by atoms with Gasteiger partial charge in [0.05, 0.1) is 20.6 Å².